The summed E-state index contributed by atoms with van der Waals surface area (Å²) in [6.07, 6.45) is 2.38. The highest BCUT2D eigenvalue weighted by Crippen LogP contribution is 2.13. The minimum Gasteiger partial charge on any atom is -0.359 e. The van der Waals surface area contributed by atoms with Crippen LogP contribution in [0.4, 0.5) is 0 Å². The standard InChI is InChI=1S/C15H28N4O.HI/c1-11(2)7-6-8-17-15(16-5)18-10-13-9-14(12(3)4)19-20-13;/h9,11-12H,6-8,10H2,1-5H3,(H2,16,17,18);1H. The van der Waals surface area contributed by atoms with Crippen LogP contribution in [-0.4, -0.2) is 24.7 Å². The lowest BCUT2D eigenvalue weighted by Crippen LogP contribution is -2.37. The van der Waals surface area contributed by atoms with E-state index >= 15 is 0 Å². The van der Waals surface area contributed by atoms with E-state index in [4.69, 9.17) is 4.52 Å². The lowest BCUT2D eigenvalue weighted by atomic mass is 10.1. The zero-order valence-corrected chi connectivity index (χ0v) is 16.1. The van der Waals surface area contributed by atoms with E-state index in [1.807, 2.05) is 6.07 Å². The van der Waals surface area contributed by atoms with Crippen molar-refractivity contribution in [3.8, 4) is 0 Å². The third-order valence-electron chi connectivity index (χ3n) is 3.07. The van der Waals surface area contributed by atoms with Crippen LogP contribution in [0.15, 0.2) is 15.6 Å². The number of halogens is 1. The molecule has 0 aliphatic rings. The summed E-state index contributed by atoms with van der Waals surface area (Å²) < 4.78 is 5.28. The molecule has 21 heavy (non-hydrogen) atoms. The normalized spacial score (nSPS) is 11.7. The Morgan fingerprint density at radius 1 is 1.29 bits per heavy atom. The van der Waals surface area contributed by atoms with Crippen LogP contribution in [-0.2, 0) is 6.54 Å². The molecule has 0 atom stereocenters. The molecular weight excluding hydrogens is 379 g/mol. The number of guanidine groups is 1. The van der Waals surface area contributed by atoms with Crippen LogP contribution in [0.5, 0.6) is 0 Å². The van der Waals surface area contributed by atoms with Gasteiger partial charge in [-0.05, 0) is 24.7 Å². The number of aromatic nitrogens is 1. The van der Waals surface area contributed by atoms with Gasteiger partial charge in [0.05, 0.1) is 12.2 Å². The van der Waals surface area contributed by atoms with Crippen molar-refractivity contribution in [3.05, 3.63) is 17.5 Å². The van der Waals surface area contributed by atoms with Gasteiger partial charge in [-0.2, -0.15) is 0 Å². The predicted molar refractivity (Wildman–Crippen MR) is 98.3 cm³/mol. The molecule has 0 saturated carbocycles. The zero-order chi connectivity index (χ0) is 15.0. The summed E-state index contributed by atoms with van der Waals surface area (Å²) in [5.41, 5.74) is 0.988. The van der Waals surface area contributed by atoms with Crippen LogP contribution in [0.1, 0.15) is 57.9 Å². The lowest BCUT2D eigenvalue weighted by molar-refractivity contribution is 0.372. The number of aliphatic imine (C=N–C) groups is 1. The van der Waals surface area contributed by atoms with Crippen LogP contribution in [0.2, 0.25) is 0 Å². The zero-order valence-electron chi connectivity index (χ0n) is 13.8. The molecule has 0 unspecified atom stereocenters. The van der Waals surface area contributed by atoms with Gasteiger partial charge in [-0.15, -0.1) is 24.0 Å². The predicted octanol–water partition coefficient (Wildman–Crippen LogP) is 3.52. The average Bonchev–Trinajstić information content (AvgIpc) is 2.86. The molecule has 2 N–H and O–H groups in total. The molecule has 6 heteroatoms. The van der Waals surface area contributed by atoms with Gasteiger partial charge < -0.3 is 15.2 Å². The second-order valence-electron chi connectivity index (χ2n) is 5.76. The molecule has 0 amide bonds. The Morgan fingerprint density at radius 3 is 2.52 bits per heavy atom. The van der Waals surface area contributed by atoms with E-state index in [0.717, 1.165) is 36.3 Å². The highest BCUT2D eigenvalue weighted by Gasteiger charge is 2.08. The highest BCUT2D eigenvalue weighted by molar-refractivity contribution is 14.0. The van der Waals surface area contributed by atoms with Crippen molar-refractivity contribution in [1.82, 2.24) is 15.8 Å². The largest absolute Gasteiger partial charge is 0.359 e. The monoisotopic (exact) mass is 408 g/mol. The molecule has 0 saturated heterocycles. The van der Waals surface area contributed by atoms with Gasteiger partial charge in [-0.1, -0.05) is 32.9 Å². The first-order valence-electron chi connectivity index (χ1n) is 7.43. The fourth-order valence-electron chi connectivity index (χ4n) is 1.79. The van der Waals surface area contributed by atoms with Crippen molar-refractivity contribution in [2.45, 2.75) is 53.0 Å². The number of rotatable bonds is 7. The van der Waals surface area contributed by atoms with Gasteiger partial charge in [0.25, 0.3) is 0 Å². The molecule has 1 heterocycles. The minimum absolute atomic E-state index is 0. The molecule has 122 valence electrons. The van der Waals surface area contributed by atoms with E-state index in [0.29, 0.717) is 12.5 Å². The van der Waals surface area contributed by atoms with Gasteiger partial charge >= 0.3 is 0 Å². The van der Waals surface area contributed by atoms with Crippen LogP contribution in [0, 0.1) is 5.92 Å². The summed E-state index contributed by atoms with van der Waals surface area (Å²) in [6.45, 7) is 10.2. The minimum atomic E-state index is 0. The molecule has 1 aromatic heterocycles. The molecule has 0 fully saturated rings. The Kier molecular flexibility index (Phi) is 10.5. The topological polar surface area (TPSA) is 62.5 Å². The molecule has 5 nitrogen and oxygen atoms in total. The summed E-state index contributed by atoms with van der Waals surface area (Å²) in [6, 6.07) is 1.99. The van der Waals surface area contributed by atoms with Gasteiger partial charge in [0.15, 0.2) is 11.7 Å². The first-order chi connectivity index (χ1) is 9.52. The van der Waals surface area contributed by atoms with Crippen molar-refractivity contribution in [2.24, 2.45) is 10.9 Å². The summed E-state index contributed by atoms with van der Waals surface area (Å²) >= 11 is 0. The van der Waals surface area contributed by atoms with Crippen molar-refractivity contribution >= 4 is 29.9 Å². The van der Waals surface area contributed by atoms with Crippen molar-refractivity contribution in [2.75, 3.05) is 13.6 Å². The third-order valence-corrected chi connectivity index (χ3v) is 3.07. The van der Waals surface area contributed by atoms with Gasteiger partial charge in [-0.25, -0.2) is 0 Å². The summed E-state index contributed by atoms with van der Waals surface area (Å²) in [5, 5.41) is 10.6. The number of hydrogen-bond acceptors (Lipinski definition) is 3. The Morgan fingerprint density at radius 2 is 2.00 bits per heavy atom. The summed E-state index contributed by atoms with van der Waals surface area (Å²) in [7, 11) is 1.78. The quantitative estimate of drug-likeness (QED) is 0.314. The highest BCUT2D eigenvalue weighted by atomic mass is 127. The second-order valence-corrected chi connectivity index (χ2v) is 5.76. The van der Waals surface area contributed by atoms with E-state index in [-0.39, 0.29) is 24.0 Å². The first-order valence-corrected chi connectivity index (χ1v) is 7.43. The molecule has 0 aliphatic carbocycles. The van der Waals surface area contributed by atoms with E-state index in [2.05, 4.69) is 48.5 Å². The number of nitrogens with zero attached hydrogens (tertiary/aromatic N) is 2. The maximum absolute atomic E-state index is 5.28. The molecular formula is C15H29IN4O. The van der Waals surface area contributed by atoms with E-state index in [9.17, 15) is 0 Å². The van der Waals surface area contributed by atoms with Gasteiger partial charge in [0, 0.05) is 19.7 Å². The fraction of sp³-hybridized carbons (Fsp3) is 0.733. The molecule has 1 rings (SSSR count). The third kappa shape index (κ3) is 8.28. The molecule has 0 radical (unpaired) electrons. The molecule has 0 aliphatic heterocycles. The fourth-order valence-corrected chi connectivity index (χ4v) is 1.79. The summed E-state index contributed by atoms with van der Waals surface area (Å²) in [5.74, 6) is 2.77. The van der Waals surface area contributed by atoms with E-state index in [1.165, 1.54) is 6.42 Å². The van der Waals surface area contributed by atoms with Crippen molar-refractivity contribution in [1.29, 1.82) is 0 Å². The Bertz CT molecular complexity index is 416. The Hall–Kier alpha value is -0.790. The SMILES string of the molecule is CN=C(NCCCC(C)C)NCc1cc(C(C)C)no1.I. The Balaban J connectivity index is 0.00000400. The Labute approximate surface area is 145 Å². The van der Waals surface area contributed by atoms with Gasteiger partial charge in [0.2, 0.25) is 0 Å². The van der Waals surface area contributed by atoms with E-state index < -0.39 is 0 Å². The van der Waals surface area contributed by atoms with Crippen molar-refractivity contribution < 1.29 is 4.52 Å². The molecule has 0 spiro atoms. The summed E-state index contributed by atoms with van der Waals surface area (Å²) in [4.78, 5) is 4.19. The first kappa shape index (κ1) is 20.2. The smallest absolute Gasteiger partial charge is 0.191 e. The lowest BCUT2D eigenvalue weighted by Gasteiger charge is -2.11. The van der Waals surface area contributed by atoms with Crippen LogP contribution >= 0.6 is 24.0 Å². The maximum Gasteiger partial charge on any atom is 0.191 e. The maximum atomic E-state index is 5.28. The molecule has 0 bridgehead atoms. The molecule has 0 aromatic carbocycles. The average molecular weight is 408 g/mol. The van der Waals surface area contributed by atoms with Crippen LogP contribution in [0.3, 0.4) is 0 Å². The number of hydrogen-bond donors (Lipinski definition) is 2. The molecule has 1 aromatic rings. The number of nitrogens with one attached hydrogen (secondary N) is 2. The van der Waals surface area contributed by atoms with Gasteiger partial charge in [0.1, 0.15) is 0 Å². The van der Waals surface area contributed by atoms with Crippen LogP contribution in [0.25, 0.3) is 0 Å². The van der Waals surface area contributed by atoms with E-state index in [1.54, 1.807) is 7.05 Å². The van der Waals surface area contributed by atoms with Crippen LogP contribution < -0.4 is 10.6 Å². The van der Waals surface area contributed by atoms with Crippen molar-refractivity contribution in [3.63, 3.8) is 0 Å². The second kappa shape index (κ2) is 10.9. The van der Waals surface area contributed by atoms with Gasteiger partial charge in [-0.3, -0.25) is 4.99 Å².